The van der Waals surface area contributed by atoms with E-state index in [-0.39, 0.29) is 23.6 Å². The zero-order chi connectivity index (χ0) is 20.4. The van der Waals surface area contributed by atoms with Crippen molar-refractivity contribution in [3.05, 3.63) is 54.5 Å². The van der Waals surface area contributed by atoms with Crippen molar-refractivity contribution in [2.45, 2.75) is 24.8 Å². The standard InChI is InChI=1S/C21H21FN4O3/c1-2-18(28)23-13-9-12(7-8-29-11-13)20-19(22)15-10-16(25-26-21(15)24-20)14-5-3-4-6-17(14)27/h2-6,10,12-13,27H,1,7-9,11H2,(H,23,28)(H,24,26)/t12-,13-/m0/s1. The SMILES string of the molecule is C=CC(=O)N[C@@H]1COCC[C@H](c2[nH]c3nnc(-c4ccccc4O)cc3c2F)C1. The first kappa shape index (κ1) is 19.1. The molecule has 150 valence electrons. The smallest absolute Gasteiger partial charge is 0.243 e. The quantitative estimate of drug-likeness (QED) is 0.589. The van der Waals surface area contributed by atoms with Gasteiger partial charge in [-0.3, -0.25) is 4.79 Å². The summed E-state index contributed by atoms with van der Waals surface area (Å²) in [5.41, 5.74) is 1.64. The molecule has 4 rings (SSSR count). The number of phenolic OH excluding ortho intramolecular Hbond substituents is 1. The van der Waals surface area contributed by atoms with E-state index < -0.39 is 5.82 Å². The average Bonchev–Trinajstić information content (AvgIpc) is 2.89. The highest BCUT2D eigenvalue weighted by atomic mass is 19.1. The molecule has 0 radical (unpaired) electrons. The van der Waals surface area contributed by atoms with E-state index >= 15 is 4.39 Å². The van der Waals surface area contributed by atoms with Gasteiger partial charge in [-0.2, -0.15) is 0 Å². The fourth-order valence-electron chi connectivity index (χ4n) is 3.69. The molecule has 29 heavy (non-hydrogen) atoms. The van der Waals surface area contributed by atoms with Gasteiger partial charge in [-0.15, -0.1) is 10.2 Å². The van der Waals surface area contributed by atoms with Crippen LogP contribution in [0, 0.1) is 5.82 Å². The van der Waals surface area contributed by atoms with Crippen LogP contribution in [0.25, 0.3) is 22.3 Å². The van der Waals surface area contributed by atoms with E-state index in [1.165, 1.54) is 6.08 Å². The highest BCUT2D eigenvalue weighted by Crippen LogP contribution is 2.34. The van der Waals surface area contributed by atoms with Gasteiger partial charge in [0, 0.05) is 18.1 Å². The number of halogens is 1. The normalized spacial score (nSPS) is 19.6. The van der Waals surface area contributed by atoms with Crippen LogP contribution >= 0.6 is 0 Å². The van der Waals surface area contributed by atoms with Crippen LogP contribution in [-0.4, -0.2) is 45.5 Å². The Hall–Kier alpha value is -3.26. The lowest BCUT2D eigenvalue weighted by molar-refractivity contribution is -0.117. The Kier molecular flexibility index (Phi) is 5.26. The summed E-state index contributed by atoms with van der Waals surface area (Å²) < 4.78 is 20.9. The largest absolute Gasteiger partial charge is 0.507 e. The molecule has 3 aromatic rings. The molecule has 7 nitrogen and oxygen atoms in total. The maximum absolute atomic E-state index is 15.3. The van der Waals surface area contributed by atoms with Gasteiger partial charge in [0.2, 0.25) is 5.91 Å². The fraction of sp³-hybridized carbons (Fsp3) is 0.286. The first-order valence-corrected chi connectivity index (χ1v) is 9.40. The molecule has 1 aromatic carbocycles. The van der Waals surface area contributed by atoms with Gasteiger partial charge in [0.1, 0.15) is 5.75 Å². The predicted octanol–water partition coefficient (Wildman–Crippen LogP) is 3.03. The maximum atomic E-state index is 15.3. The molecule has 1 aliphatic rings. The number of aromatic amines is 1. The van der Waals surface area contributed by atoms with Crippen LogP contribution in [-0.2, 0) is 9.53 Å². The van der Waals surface area contributed by atoms with Crippen LogP contribution in [0.2, 0.25) is 0 Å². The van der Waals surface area contributed by atoms with Crippen LogP contribution in [0.1, 0.15) is 24.5 Å². The van der Waals surface area contributed by atoms with Crippen molar-refractivity contribution < 1.29 is 19.0 Å². The summed E-state index contributed by atoms with van der Waals surface area (Å²) in [5.74, 6) is -0.795. The predicted molar refractivity (Wildman–Crippen MR) is 106 cm³/mol. The molecule has 0 bridgehead atoms. The van der Waals surface area contributed by atoms with Crippen LogP contribution in [0.4, 0.5) is 4.39 Å². The highest BCUT2D eigenvalue weighted by Gasteiger charge is 2.27. The van der Waals surface area contributed by atoms with Gasteiger partial charge in [0.25, 0.3) is 0 Å². The molecule has 3 heterocycles. The van der Waals surface area contributed by atoms with E-state index in [2.05, 4.69) is 27.1 Å². The van der Waals surface area contributed by atoms with Crippen molar-refractivity contribution in [2.24, 2.45) is 0 Å². The molecule has 0 unspecified atom stereocenters. The van der Waals surface area contributed by atoms with Crippen LogP contribution < -0.4 is 5.32 Å². The molecule has 1 amide bonds. The number of ether oxygens (including phenoxy) is 1. The minimum Gasteiger partial charge on any atom is -0.507 e. The third-order valence-corrected chi connectivity index (χ3v) is 5.14. The number of aromatic hydroxyl groups is 1. The number of hydrogen-bond acceptors (Lipinski definition) is 5. The first-order chi connectivity index (χ1) is 14.1. The second kappa shape index (κ2) is 8.00. The Labute approximate surface area is 166 Å². The number of nitrogens with zero attached hydrogens (tertiary/aromatic N) is 2. The van der Waals surface area contributed by atoms with E-state index in [0.29, 0.717) is 54.0 Å². The number of nitrogens with one attached hydrogen (secondary N) is 2. The zero-order valence-electron chi connectivity index (χ0n) is 15.7. The van der Waals surface area contributed by atoms with Crippen LogP contribution in [0.3, 0.4) is 0 Å². The molecule has 0 spiro atoms. The fourth-order valence-corrected chi connectivity index (χ4v) is 3.69. The molecule has 2 aromatic heterocycles. The van der Waals surface area contributed by atoms with E-state index in [1.807, 2.05) is 0 Å². The molecule has 1 saturated heterocycles. The monoisotopic (exact) mass is 396 g/mol. The lowest BCUT2D eigenvalue weighted by atomic mass is 9.94. The summed E-state index contributed by atoms with van der Waals surface area (Å²) in [6.45, 7) is 4.29. The van der Waals surface area contributed by atoms with E-state index in [9.17, 15) is 9.90 Å². The Morgan fingerprint density at radius 1 is 1.38 bits per heavy atom. The number of para-hydroxylation sites is 1. The second-order valence-corrected chi connectivity index (χ2v) is 7.07. The minimum atomic E-state index is -0.396. The molecule has 2 atom stereocenters. The van der Waals surface area contributed by atoms with Crippen molar-refractivity contribution in [1.29, 1.82) is 0 Å². The zero-order valence-corrected chi connectivity index (χ0v) is 15.7. The number of aromatic nitrogens is 3. The van der Waals surface area contributed by atoms with Crippen LogP contribution in [0.5, 0.6) is 5.75 Å². The van der Waals surface area contributed by atoms with Crippen molar-refractivity contribution in [2.75, 3.05) is 13.2 Å². The Morgan fingerprint density at radius 2 is 2.21 bits per heavy atom. The van der Waals surface area contributed by atoms with Gasteiger partial charge < -0.3 is 20.1 Å². The van der Waals surface area contributed by atoms with Gasteiger partial charge in [-0.25, -0.2) is 4.39 Å². The van der Waals surface area contributed by atoms with E-state index in [0.717, 1.165) is 0 Å². The Morgan fingerprint density at radius 3 is 3.00 bits per heavy atom. The summed E-state index contributed by atoms with van der Waals surface area (Å²) in [4.78, 5) is 14.7. The van der Waals surface area contributed by atoms with Crippen molar-refractivity contribution in [3.63, 3.8) is 0 Å². The van der Waals surface area contributed by atoms with Gasteiger partial charge in [-0.05, 0) is 37.1 Å². The number of rotatable bonds is 4. The Balaban J connectivity index is 1.67. The van der Waals surface area contributed by atoms with Crippen molar-refractivity contribution in [1.82, 2.24) is 20.5 Å². The van der Waals surface area contributed by atoms with Crippen molar-refractivity contribution >= 4 is 16.9 Å². The number of amides is 1. The number of fused-ring (bicyclic) bond motifs is 1. The minimum absolute atomic E-state index is 0.0547. The summed E-state index contributed by atoms with van der Waals surface area (Å²) in [6.07, 6.45) is 2.35. The third kappa shape index (κ3) is 3.84. The molecular formula is C21H21FN4O3. The number of carbonyl (C=O) groups excluding carboxylic acids is 1. The number of carbonyl (C=O) groups is 1. The van der Waals surface area contributed by atoms with E-state index in [1.54, 1.807) is 30.3 Å². The molecule has 0 aliphatic carbocycles. The van der Waals surface area contributed by atoms with Gasteiger partial charge in [0.15, 0.2) is 11.5 Å². The van der Waals surface area contributed by atoms with E-state index in [4.69, 9.17) is 4.74 Å². The molecule has 3 N–H and O–H groups in total. The molecule has 1 aliphatic heterocycles. The lowest BCUT2D eigenvalue weighted by Crippen LogP contribution is -2.37. The summed E-state index contributed by atoms with van der Waals surface area (Å²) in [6, 6.07) is 8.06. The molecule has 8 heteroatoms. The maximum Gasteiger partial charge on any atom is 0.243 e. The number of benzene rings is 1. The summed E-state index contributed by atoms with van der Waals surface area (Å²) >= 11 is 0. The van der Waals surface area contributed by atoms with Gasteiger partial charge in [0.05, 0.1) is 29.4 Å². The summed E-state index contributed by atoms with van der Waals surface area (Å²) in [7, 11) is 0. The first-order valence-electron chi connectivity index (χ1n) is 9.40. The molecule has 0 saturated carbocycles. The van der Waals surface area contributed by atoms with Crippen LogP contribution in [0.15, 0.2) is 43.0 Å². The third-order valence-electron chi connectivity index (χ3n) is 5.14. The number of hydrogen-bond donors (Lipinski definition) is 3. The van der Waals surface area contributed by atoms with Gasteiger partial charge >= 0.3 is 0 Å². The average molecular weight is 396 g/mol. The topological polar surface area (TPSA) is 100 Å². The highest BCUT2D eigenvalue weighted by molar-refractivity contribution is 5.87. The Bertz CT molecular complexity index is 1070. The van der Waals surface area contributed by atoms with Gasteiger partial charge in [-0.1, -0.05) is 18.7 Å². The molecular weight excluding hydrogens is 375 g/mol. The molecule has 1 fully saturated rings. The number of H-pyrrole nitrogens is 1. The lowest BCUT2D eigenvalue weighted by Gasteiger charge is -2.19. The number of phenols is 1. The van der Waals surface area contributed by atoms with Crippen molar-refractivity contribution in [3.8, 4) is 17.0 Å². The summed E-state index contributed by atoms with van der Waals surface area (Å²) in [5, 5.41) is 21.4. The second-order valence-electron chi connectivity index (χ2n) is 7.07.